The number of hydrogen-bond acceptors (Lipinski definition) is 1. The van der Waals surface area contributed by atoms with E-state index in [1.807, 2.05) is 0 Å². The Hall–Kier alpha value is -5.66. The fourth-order valence-corrected chi connectivity index (χ4v) is 8.49. The molecule has 0 saturated heterocycles. The van der Waals surface area contributed by atoms with Crippen LogP contribution in [0.3, 0.4) is 0 Å². The van der Waals surface area contributed by atoms with Crippen molar-refractivity contribution in [3.63, 3.8) is 0 Å². The van der Waals surface area contributed by atoms with Crippen molar-refractivity contribution in [3.05, 3.63) is 186 Å². The molecule has 49 heavy (non-hydrogen) atoms. The zero-order chi connectivity index (χ0) is 33.3. The summed E-state index contributed by atoms with van der Waals surface area (Å²) < 4.78 is 0. The van der Waals surface area contributed by atoms with Crippen LogP contribution in [-0.4, -0.2) is 0 Å². The van der Waals surface area contributed by atoms with E-state index in [0.717, 1.165) is 17.1 Å². The quantitative estimate of drug-likeness (QED) is 0.183. The maximum atomic E-state index is 2.44. The number of rotatable bonds is 5. The first-order valence-corrected chi connectivity index (χ1v) is 17.4. The van der Waals surface area contributed by atoms with Crippen LogP contribution >= 0.6 is 0 Å². The van der Waals surface area contributed by atoms with Gasteiger partial charge in [0.1, 0.15) is 0 Å². The van der Waals surface area contributed by atoms with E-state index in [9.17, 15) is 0 Å². The molecule has 0 fully saturated rings. The van der Waals surface area contributed by atoms with Gasteiger partial charge in [0.15, 0.2) is 0 Å². The smallest absolute Gasteiger partial charge is 0.0540 e. The Balaban J connectivity index is 1.17. The van der Waals surface area contributed by atoms with Gasteiger partial charge in [-0.15, -0.1) is 0 Å². The molecule has 0 spiro atoms. The van der Waals surface area contributed by atoms with Crippen molar-refractivity contribution in [2.45, 2.75) is 38.5 Å². The molecule has 7 aromatic rings. The van der Waals surface area contributed by atoms with E-state index in [0.29, 0.717) is 0 Å². The summed E-state index contributed by atoms with van der Waals surface area (Å²) >= 11 is 0. The van der Waals surface area contributed by atoms with Gasteiger partial charge in [0, 0.05) is 27.8 Å². The topological polar surface area (TPSA) is 3.24 Å². The first kappa shape index (κ1) is 29.5. The van der Waals surface area contributed by atoms with Crippen LogP contribution in [0.4, 0.5) is 17.1 Å². The molecule has 0 heterocycles. The Bertz CT molecular complexity index is 2380. The highest BCUT2D eigenvalue weighted by Crippen LogP contribution is 2.52. The molecule has 0 aliphatic heterocycles. The van der Waals surface area contributed by atoms with Crippen LogP contribution in [0.5, 0.6) is 0 Å². The van der Waals surface area contributed by atoms with E-state index in [2.05, 4.69) is 196 Å². The van der Waals surface area contributed by atoms with E-state index >= 15 is 0 Å². The number of fused-ring (bicyclic) bond motifs is 6. The Morgan fingerprint density at radius 1 is 0.327 bits per heavy atom. The summed E-state index contributed by atoms with van der Waals surface area (Å²) in [6.45, 7) is 9.39. The highest BCUT2D eigenvalue weighted by Gasteiger charge is 2.36. The molecule has 2 aliphatic carbocycles. The van der Waals surface area contributed by atoms with Gasteiger partial charge in [0.2, 0.25) is 0 Å². The molecule has 0 saturated carbocycles. The maximum Gasteiger partial charge on any atom is 0.0540 e. The van der Waals surface area contributed by atoms with Crippen LogP contribution in [0.15, 0.2) is 164 Å². The molecule has 1 nitrogen and oxygen atoms in total. The molecule has 0 radical (unpaired) electrons. The van der Waals surface area contributed by atoms with E-state index in [1.54, 1.807) is 0 Å². The highest BCUT2D eigenvalue weighted by molar-refractivity contribution is 5.91. The molecule has 236 valence electrons. The van der Waals surface area contributed by atoms with Crippen LogP contribution in [0, 0.1) is 0 Å². The van der Waals surface area contributed by atoms with Crippen LogP contribution in [0.25, 0.3) is 44.5 Å². The summed E-state index contributed by atoms with van der Waals surface area (Å²) in [5, 5.41) is 0. The van der Waals surface area contributed by atoms with Gasteiger partial charge in [-0.1, -0.05) is 155 Å². The minimum atomic E-state index is -0.0861. The minimum absolute atomic E-state index is 0.00670. The molecule has 7 aromatic carbocycles. The third-order valence-corrected chi connectivity index (χ3v) is 11.1. The van der Waals surface area contributed by atoms with E-state index < -0.39 is 0 Å². The summed E-state index contributed by atoms with van der Waals surface area (Å²) in [7, 11) is 0. The molecule has 0 amide bonds. The lowest BCUT2D eigenvalue weighted by atomic mass is 9.82. The third-order valence-electron chi connectivity index (χ3n) is 11.1. The van der Waals surface area contributed by atoms with Crippen molar-refractivity contribution in [2.75, 3.05) is 4.90 Å². The summed E-state index contributed by atoms with van der Waals surface area (Å²) in [5.74, 6) is 0. The van der Waals surface area contributed by atoms with Gasteiger partial charge in [-0.05, 0) is 97.6 Å². The molecule has 0 atom stereocenters. The molecule has 0 bridgehead atoms. The van der Waals surface area contributed by atoms with E-state index in [4.69, 9.17) is 0 Å². The van der Waals surface area contributed by atoms with Crippen molar-refractivity contribution in [1.82, 2.24) is 0 Å². The lowest BCUT2D eigenvalue weighted by molar-refractivity contribution is 0.660. The monoisotopic (exact) mass is 629 g/mol. The molecule has 0 unspecified atom stereocenters. The molecule has 0 N–H and O–H groups in total. The lowest BCUT2D eigenvalue weighted by Crippen LogP contribution is -2.16. The number of benzene rings is 7. The maximum absolute atomic E-state index is 2.44. The normalized spacial score (nSPS) is 14.4. The molecule has 2 aliphatic rings. The van der Waals surface area contributed by atoms with E-state index in [-0.39, 0.29) is 10.8 Å². The Morgan fingerprint density at radius 2 is 0.837 bits per heavy atom. The van der Waals surface area contributed by atoms with Crippen molar-refractivity contribution in [3.8, 4) is 44.5 Å². The van der Waals surface area contributed by atoms with Crippen molar-refractivity contribution in [2.24, 2.45) is 0 Å². The Kier molecular flexibility index (Phi) is 6.58. The fraction of sp³-hybridized carbons (Fsp3) is 0.125. The average molecular weight is 630 g/mol. The van der Waals surface area contributed by atoms with Crippen LogP contribution in [0.1, 0.15) is 49.9 Å². The third kappa shape index (κ3) is 4.53. The molecule has 0 aromatic heterocycles. The Labute approximate surface area is 290 Å². The van der Waals surface area contributed by atoms with E-state index in [1.165, 1.54) is 66.8 Å². The predicted octanol–water partition coefficient (Wildman–Crippen LogP) is 13.1. The molecule has 9 rings (SSSR count). The van der Waals surface area contributed by atoms with Crippen LogP contribution < -0.4 is 4.90 Å². The second-order valence-corrected chi connectivity index (χ2v) is 14.6. The zero-order valence-electron chi connectivity index (χ0n) is 28.5. The van der Waals surface area contributed by atoms with Gasteiger partial charge >= 0.3 is 0 Å². The number of para-hydroxylation sites is 1. The van der Waals surface area contributed by atoms with Gasteiger partial charge in [-0.3, -0.25) is 0 Å². The minimum Gasteiger partial charge on any atom is -0.310 e. The SMILES string of the molecule is CC1(C)c2ccccc2-c2cc(-c3ccc(N(c4ccc5c(c4)C(C)(C)c4ccccc4-5)c4ccccc4-c4ccccc4)cc3)ccc21. The van der Waals surface area contributed by atoms with Crippen molar-refractivity contribution in [1.29, 1.82) is 0 Å². The number of hydrogen-bond donors (Lipinski definition) is 0. The first-order valence-electron chi connectivity index (χ1n) is 17.4. The van der Waals surface area contributed by atoms with Crippen molar-refractivity contribution >= 4 is 17.1 Å². The summed E-state index contributed by atoms with van der Waals surface area (Å²) in [5.41, 5.74) is 19.2. The second kappa shape index (κ2) is 10.9. The van der Waals surface area contributed by atoms with Gasteiger partial charge in [-0.25, -0.2) is 0 Å². The summed E-state index contributed by atoms with van der Waals surface area (Å²) in [6.07, 6.45) is 0. The zero-order valence-corrected chi connectivity index (χ0v) is 28.5. The summed E-state index contributed by atoms with van der Waals surface area (Å²) in [6, 6.07) is 60.5. The van der Waals surface area contributed by atoms with Gasteiger partial charge in [0.25, 0.3) is 0 Å². The number of nitrogens with zero attached hydrogens (tertiary/aromatic N) is 1. The fourth-order valence-electron chi connectivity index (χ4n) is 8.49. The molecular formula is C48H39N. The van der Waals surface area contributed by atoms with Crippen LogP contribution in [-0.2, 0) is 10.8 Å². The number of anilines is 3. The van der Waals surface area contributed by atoms with Gasteiger partial charge in [-0.2, -0.15) is 0 Å². The first-order chi connectivity index (χ1) is 23.8. The van der Waals surface area contributed by atoms with Crippen molar-refractivity contribution < 1.29 is 0 Å². The Morgan fingerprint density at radius 3 is 1.55 bits per heavy atom. The summed E-state index contributed by atoms with van der Waals surface area (Å²) in [4.78, 5) is 2.44. The van der Waals surface area contributed by atoms with Crippen LogP contribution in [0.2, 0.25) is 0 Å². The molecule has 1 heteroatoms. The largest absolute Gasteiger partial charge is 0.310 e. The van der Waals surface area contributed by atoms with Gasteiger partial charge < -0.3 is 4.90 Å². The standard InChI is InChI=1S/C48H39N/c1-47(2)43-20-12-9-18-39(43)41-30-34(24-29-44(41)47)32-22-25-35(26-23-32)49(46-21-13-10-16-37(46)33-14-6-5-7-15-33)36-27-28-40-38-17-8-11-19-42(38)48(3,4)45(40)31-36/h5-31H,1-4H3. The predicted molar refractivity (Wildman–Crippen MR) is 207 cm³/mol. The highest BCUT2D eigenvalue weighted by atomic mass is 15.1. The lowest BCUT2D eigenvalue weighted by Gasteiger charge is -2.30. The second-order valence-electron chi connectivity index (χ2n) is 14.6. The average Bonchev–Trinajstić information content (AvgIpc) is 3.52. The molecular weight excluding hydrogens is 591 g/mol. The van der Waals surface area contributed by atoms with Gasteiger partial charge in [0.05, 0.1) is 5.69 Å².